The summed E-state index contributed by atoms with van der Waals surface area (Å²) in [6, 6.07) is 13.8. The molecule has 0 aliphatic heterocycles. The van der Waals surface area contributed by atoms with Crippen LogP contribution in [0.4, 0.5) is 4.39 Å². The molecule has 1 aromatic heterocycles. The molecule has 0 aliphatic carbocycles. The average molecular weight is 332 g/mol. The van der Waals surface area contributed by atoms with Crippen molar-refractivity contribution in [1.29, 1.82) is 0 Å². The normalized spacial score (nSPS) is 10.9. The van der Waals surface area contributed by atoms with Crippen molar-refractivity contribution in [1.82, 2.24) is 4.57 Å². The second-order valence-corrected chi connectivity index (χ2v) is 5.38. The number of benzene rings is 2. The van der Waals surface area contributed by atoms with Gasteiger partial charge in [-0.05, 0) is 34.1 Å². The van der Waals surface area contributed by atoms with Gasteiger partial charge in [0, 0.05) is 21.6 Å². The highest BCUT2D eigenvalue weighted by Crippen LogP contribution is 2.26. The van der Waals surface area contributed by atoms with Gasteiger partial charge < -0.3 is 4.57 Å². The van der Waals surface area contributed by atoms with Crippen LogP contribution in [-0.4, -0.2) is 10.4 Å². The van der Waals surface area contributed by atoms with Crippen LogP contribution in [0, 0.1) is 5.82 Å². The maximum atomic E-state index is 13.6. The summed E-state index contributed by atoms with van der Waals surface area (Å²) in [6.07, 6.45) is 1.85. The SMILES string of the molecule is O=C(Cn1cc(Br)c2ccccc21)c1ccccc1F. The van der Waals surface area contributed by atoms with Gasteiger partial charge in [-0.25, -0.2) is 4.39 Å². The van der Waals surface area contributed by atoms with E-state index in [4.69, 9.17) is 0 Å². The molecule has 0 fully saturated rings. The highest BCUT2D eigenvalue weighted by atomic mass is 79.9. The van der Waals surface area contributed by atoms with Crippen LogP contribution in [0.25, 0.3) is 10.9 Å². The Balaban J connectivity index is 1.98. The van der Waals surface area contributed by atoms with Gasteiger partial charge in [-0.2, -0.15) is 0 Å². The molecule has 0 atom stereocenters. The Bertz CT molecular complexity index is 794. The molecule has 0 spiro atoms. The van der Waals surface area contributed by atoms with Crippen molar-refractivity contribution in [2.24, 2.45) is 0 Å². The summed E-state index contributed by atoms with van der Waals surface area (Å²) in [5.74, 6) is -0.718. The molecule has 20 heavy (non-hydrogen) atoms. The standard InChI is InChI=1S/C16H11BrFNO/c17-13-9-19(15-8-4-2-5-11(13)15)10-16(20)12-6-1-3-7-14(12)18/h1-9H,10H2. The largest absolute Gasteiger partial charge is 0.338 e. The molecule has 0 bridgehead atoms. The number of ketones is 1. The van der Waals surface area contributed by atoms with Crippen LogP contribution >= 0.6 is 15.9 Å². The van der Waals surface area contributed by atoms with Crippen molar-refractivity contribution in [3.05, 3.63) is 70.6 Å². The summed E-state index contributed by atoms with van der Waals surface area (Å²) in [7, 11) is 0. The molecule has 0 saturated heterocycles. The Labute approximate surface area is 124 Å². The number of para-hydroxylation sites is 1. The molecular weight excluding hydrogens is 321 g/mol. The molecule has 0 N–H and O–H groups in total. The summed E-state index contributed by atoms with van der Waals surface area (Å²) in [5, 5.41) is 1.04. The van der Waals surface area contributed by atoms with Crippen molar-refractivity contribution < 1.29 is 9.18 Å². The number of carbonyl (C=O) groups is 1. The van der Waals surface area contributed by atoms with E-state index in [1.807, 2.05) is 35.0 Å². The maximum absolute atomic E-state index is 13.6. The Morgan fingerprint density at radius 3 is 2.60 bits per heavy atom. The molecule has 0 saturated carbocycles. The van der Waals surface area contributed by atoms with E-state index in [0.29, 0.717) is 0 Å². The Morgan fingerprint density at radius 1 is 1.10 bits per heavy atom. The Morgan fingerprint density at radius 2 is 1.80 bits per heavy atom. The topological polar surface area (TPSA) is 22.0 Å². The lowest BCUT2D eigenvalue weighted by molar-refractivity contribution is 0.0969. The molecule has 3 rings (SSSR count). The summed E-state index contributed by atoms with van der Waals surface area (Å²) in [4.78, 5) is 12.2. The third-order valence-electron chi connectivity index (χ3n) is 3.23. The fraction of sp³-hybridized carbons (Fsp3) is 0.0625. The van der Waals surface area contributed by atoms with Gasteiger partial charge in [0.25, 0.3) is 0 Å². The van der Waals surface area contributed by atoms with Crippen molar-refractivity contribution in [2.75, 3.05) is 0 Å². The predicted molar refractivity (Wildman–Crippen MR) is 80.4 cm³/mol. The zero-order valence-corrected chi connectivity index (χ0v) is 12.1. The molecule has 0 aliphatic rings. The van der Waals surface area contributed by atoms with E-state index < -0.39 is 5.82 Å². The zero-order valence-electron chi connectivity index (χ0n) is 10.5. The van der Waals surface area contributed by atoms with E-state index in [1.165, 1.54) is 12.1 Å². The van der Waals surface area contributed by atoms with Gasteiger partial charge in [0.2, 0.25) is 0 Å². The summed E-state index contributed by atoms with van der Waals surface area (Å²) in [5.41, 5.74) is 1.07. The number of rotatable bonds is 3. The molecular formula is C16H11BrFNO. The van der Waals surface area contributed by atoms with E-state index >= 15 is 0 Å². The first-order valence-electron chi connectivity index (χ1n) is 6.18. The van der Waals surface area contributed by atoms with Gasteiger partial charge >= 0.3 is 0 Å². The molecule has 4 heteroatoms. The van der Waals surface area contributed by atoms with Crippen molar-refractivity contribution in [3.8, 4) is 0 Å². The van der Waals surface area contributed by atoms with Crippen molar-refractivity contribution in [3.63, 3.8) is 0 Å². The fourth-order valence-corrected chi connectivity index (χ4v) is 2.84. The number of halogens is 2. The molecule has 2 nitrogen and oxygen atoms in total. The van der Waals surface area contributed by atoms with Crippen LogP contribution in [0.2, 0.25) is 0 Å². The molecule has 3 aromatic rings. The van der Waals surface area contributed by atoms with Crippen LogP contribution in [0.3, 0.4) is 0 Å². The lowest BCUT2D eigenvalue weighted by atomic mass is 10.1. The van der Waals surface area contributed by atoms with Gasteiger partial charge in [-0.3, -0.25) is 4.79 Å². The first-order valence-corrected chi connectivity index (χ1v) is 6.97. The van der Waals surface area contributed by atoms with Crippen LogP contribution in [0.1, 0.15) is 10.4 Å². The Kier molecular flexibility index (Phi) is 3.40. The Hall–Kier alpha value is -1.94. The van der Waals surface area contributed by atoms with Gasteiger partial charge in [-0.15, -0.1) is 0 Å². The van der Waals surface area contributed by atoms with Gasteiger partial charge in [-0.1, -0.05) is 30.3 Å². The second kappa shape index (κ2) is 5.21. The number of fused-ring (bicyclic) bond motifs is 1. The monoisotopic (exact) mass is 331 g/mol. The molecule has 0 unspecified atom stereocenters. The van der Waals surface area contributed by atoms with Gasteiger partial charge in [0.05, 0.1) is 12.1 Å². The van der Waals surface area contributed by atoms with Crippen LogP contribution < -0.4 is 0 Å². The number of nitrogens with zero attached hydrogens (tertiary/aromatic N) is 1. The number of carbonyl (C=O) groups excluding carboxylic acids is 1. The minimum absolute atomic E-state index is 0.118. The van der Waals surface area contributed by atoms with Gasteiger partial charge in [0.1, 0.15) is 5.82 Å². The van der Waals surface area contributed by atoms with E-state index in [9.17, 15) is 9.18 Å². The van der Waals surface area contributed by atoms with E-state index in [2.05, 4.69) is 15.9 Å². The van der Waals surface area contributed by atoms with E-state index in [1.54, 1.807) is 12.1 Å². The van der Waals surface area contributed by atoms with Crippen molar-refractivity contribution in [2.45, 2.75) is 6.54 Å². The van der Waals surface area contributed by atoms with Gasteiger partial charge in [0.15, 0.2) is 5.78 Å². The van der Waals surface area contributed by atoms with Crippen LogP contribution in [-0.2, 0) is 6.54 Å². The highest BCUT2D eigenvalue weighted by molar-refractivity contribution is 9.10. The van der Waals surface area contributed by atoms with E-state index in [-0.39, 0.29) is 17.9 Å². The van der Waals surface area contributed by atoms with Crippen LogP contribution in [0.5, 0.6) is 0 Å². The third-order valence-corrected chi connectivity index (χ3v) is 3.86. The summed E-state index contributed by atoms with van der Waals surface area (Å²) < 4.78 is 16.4. The number of Topliss-reactive ketones (excluding diaryl/α,β-unsaturated/α-hetero) is 1. The summed E-state index contributed by atoms with van der Waals surface area (Å²) >= 11 is 3.47. The number of hydrogen-bond donors (Lipinski definition) is 0. The van der Waals surface area contributed by atoms with E-state index in [0.717, 1.165) is 15.4 Å². The number of hydrogen-bond acceptors (Lipinski definition) is 1. The molecule has 1 heterocycles. The third kappa shape index (κ3) is 2.27. The lowest BCUT2D eigenvalue weighted by Gasteiger charge is -2.05. The molecule has 100 valence electrons. The first-order chi connectivity index (χ1) is 9.66. The highest BCUT2D eigenvalue weighted by Gasteiger charge is 2.13. The molecule has 2 aromatic carbocycles. The van der Waals surface area contributed by atoms with Crippen LogP contribution in [0.15, 0.2) is 59.2 Å². The maximum Gasteiger partial charge on any atom is 0.185 e. The predicted octanol–water partition coefficient (Wildman–Crippen LogP) is 4.43. The minimum Gasteiger partial charge on any atom is -0.338 e. The smallest absolute Gasteiger partial charge is 0.185 e. The zero-order chi connectivity index (χ0) is 14.1. The number of aromatic nitrogens is 1. The summed E-state index contributed by atoms with van der Waals surface area (Å²) in [6.45, 7) is 0.118. The fourth-order valence-electron chi connectivity index (χ4n) is 2.26. The second-order valence-electron chi connectivity index (χ2n) is 4.53. The quantitative estimate of drug-likeness (QED) is 0.651. The molecule has 0 radical (unpaired) electrons. The molecule has 0 amide bonds. The minimum atomic E-state index is -0.479. The van der Waals surface area contributed by atoms with Crippen molar-refractivity contribution >= 4 is 32.6 Å². The average Bonchev–Trinajstić information content (AvgIpc) is 2.76. The lowest BCUT2D eigenvalue weighted by Crippen LogP contribution is -2.11. The first kappa shape index (κ1) is 13.1.